The molecule has 6 unspecified atom stereocenters. The molecule has 0 aromatic rings. The van der Waals surface area contributed by atoms with E-state index in [1.165, 1.54) is 24.0 Å². The Morgan fingerprint density at radius 2 is 1.15 bits per heavy atom. The summed E-state index contributed by atoms with van der Waals surface area (Å²) in [5.41, 5.74) is 6.96. The van der Waals surface area contributed by atoms with E-state index in [1.807, 2.05) is 0 Å². The van der Waals surface area contributed by atoms with E-state index < -0.39 is 0 Å². The Hall–Kier alpha value is -0.850. The number of allylic oxidation sites excluding steroid dienone is 4. The van der Waals surface area contributed by atoms with Crippen molar-refractivity contribution < 1.29 is 4.79 Å². The molecule has 144 valence electrons. The molecule has 6 rings (SSSR count). The van der Waals surface area contributed by atoms with Crippen molar-refractivity contribution in [3.05, 3.63) is 22.3 Å². The van der Waals surface area contributed by atoms with Crippen LogP contribution >= 0.6 is 0 Å². The molecule has 0 N–H and O–H groups in total. The maximum Gasteiger partial charge on any atom is 0.140 e. The van der Waals surface area contributed by atoms with Crippen LogP contribution in [0.1, 0.15) is 81.1 Å². The van der Waals surface area contributed by atoms with Gasteiger partial charge in [-0.2, -0.15) is 0 Å². The van der Waals surface area contributed by atoms with Crippen LogP contribution in [0.15, 0.2) is 22.3 Å². The van der Waals surface area contributed by atoms with E-state index >= 15 is 0 Å². The first-order valence-corrected chi connectivity index (χ1v) is 10.9. The Morgan fingerprint density at radius 1 is 0.808 bits per heavy atom. The van der Waals surface area contributed by atoms with Crippen molar-refractivity contribution in [3.8, 4) is 0 Å². The lowest BCUT2D eigenvalue weighted by Crippen LogP contribution is -2.53. The third kappa shape index (κ3) is 2.24. The fourth-order valence-corrected chi connectivity index (χ4v) is 7.82. The van der Waals surface area contributed by atoms with E-state index in [-0.39, 0.29) is 0 Å². The second-order valence-corrected chi connectivity index (χ2v) is 11.3. The molecule has 4 bridgehead atoms. The van der Waals surface area contributed by atoms with Gasteiger partial charge in [0, 0.05) is 12.8 Å². The highest BCUT2D eigenvalue weighted by Crippen LogP contribution is 2.65. The fraction of sp³-hybridized carbons (Fsp3) is 0.800. The Morgan fingerprint density at radius 3 is 1.42 bits per heavy atom. The molecule has 0 radical (unpaired) electrons. The molecule has 6 aliphatic carbocycles. The molecule has 0 aliphatic heterocycles. The van der Waals surface area contributed by atoms with Gasteiger partial charge in [-0.25, -0.2) is 0 Å². The molecule has 0 aromatic carbocycles. The maximum atomic E-state index is 13.1. The molecule has 26 heavy (non-hydrogen) atoms. The van der Waals surface area contributed by atoms with Gasteiger partial charge in [0.2, 0.25) is 0 Å². The van der Waals surface area contributed by atoms with Crippen LogP contribution in [0.2, 0.25) is 0 Å². The van der Waals surface area contributed by atoms with Crippen LogP contribution in [0, 0.1) is 46.3 Å². The number of carbonyl (C=O) groups is 1. The molecule has 0 spiro atoms. The zero-order valence-electron chi connectivity index (χ0n) is 18.2. The molecule has 0 amide bonds. The van der Waals surface area contributed by atoms with Gasteiger partial charge in [-0.05, 0) is 73.0 Å². The van der Waals surface area contributed by atoms with Crippen molar-refractivity contribution in [1.29, 1.82) is 0 Å². The van der Waals surface area contributed by atoms with Crippen molar-refractivity contribution in [2.75, 3.05) is 0 Å². The van der Waals surface area contributed by atoms with Crippen molar-refractivity contribution in [2.45, 2.75) is 81.1 Å². The van der Waals surface area contributed by atoms with Crippen LogP contribution in [0.5, 0.6) is 0 Å². The molecular weight excluding hydrogens is 316 g/mol. The summed E-state index contributed by atoms with van der Waals surface area (Å²) >= 11 is 0. The van der Waals surface area contributed by atoms with Gasteiger partial charge in [0.05, 0.1) is 0 Å². The molecule has 6 aliphatic rings. The second-order valence-electron chi connectivity index (χ2n) is 11.3. The van der Waals surface area contributed by atoms with Gasteiger partial charge in [-0.1, -0.05) is 63.8 Å². The third-order valence-corrected chi connectivity index (χ3v) is 9.83. The summed E-state index contributed by atoms with van der Waals surface area (Å²) in [5, 5.41) is 0. The van der Waals surface area contributed by atoms with Gasteiger partial charge in [0.15, 0.2) is 0 Å². The quantitative estimate of drug-likeness (QED) is 0.520. The first-order chi connectivity index (χ1) is 12.0. The second kappa shape index (κ2) is 5.58. The number of rotatable bonds is 4. The Bertz CT molecular complexity index is 656. The Kier molecular flexibility index (Phi) is 3.97. The van der Waals surface area contributed by atoms with Crippen molar-refractivity contribution in [1.82, 2.24) is 0 Å². The van der Waals surface area contributed by atoms with Crippen LogP contribution in [-0.4, -0.2) is 5.78 Å². The summed E-state index contributed by atoms with van der Waals surface area (Å²) in [7, 11) is 0. The standard InChI is InChI=1S/C25H38O/c1-13-18(14(2)21-11-20(13)24(21,5)6)9-17(26)10-19-15(3)22-12-23(16(19)4)25(22,7)8/h13,15,20-23H,9-12H2,1-8H3. The Balaban J connectivity index is 1.51. The van der Waals surface area contributed by atoms with Crippen LogP contribution in [0.3, 0.4) is 0 Å². The molecule has 1 nitrogen and oxygen atoms in total. The minimum absolute atomic E-state index is 0.444. The molecule has 0 saturated heterocycles. The third-order valence-electron chi connectivity index (χ3n) is 9.83. The first-order valence-electron chi connectivity index (χ1n) is 10.9. The van der Waals surface area contributed by atoms with Crippen LogP contribution in [0.4, 0.5) is 0 Å². The predicted octanol–water partition coefficient (Wildman–Crippen LogP) is 6.59. The number of fused-ring (bicyclic) bond motifs is 2. The highest BCUT2D eigenvalue weighted by molar-refractivity contribution is 5.84. The van der Waals surface area contributed by atoms with E-state index in [4.69, 9.17) is 0 Å². The lowest BCUT2D eigenvalue weighted by molar-refractivity contribution is -0.119. The average molecular weight is 355 g/mol. The molecule has 2 saturated carbocycles. The number of Topliss-reactive ketones (excluding diaryl/α,β-unsaturated/α-hetero) is 1. The van der Waals surface area contributed by atoms with E-state index in [1.54, 1.807) is 11.1 Å². The average Bonchev–Trinajstić information content (AvgIpc) is 2.52. The minimum atomic E-state index is 0.444. The van der Waals surface area contributed by atoms with Gasteiger partial charge in [0.25, 0.3) is 0 Å². The molecule has 6 atom stereocenters. The minimum Gasteiger partial charge on any atom is -0.299 e. The number of hydrogen-bond acceptors (Lipinski definition) is 1. The number of ketones is 1. The van der Waals surface area contributed by atoms with Crippen molar-refractivity contribution >= 4 is 5.78 Å². The molecule has 2 fully saturated rings. The van der Waals surface area contributed by atoms with Gasteiger partial charge < -0.3 is 0 Å². The summed E-state index contributed by atoms with van der Waals surface area (Å²) in [6.07, 6.45) is 4.10. The first kappa shape index (κ1) is 18.5. The fourth-order valence-electron chi connectivity index (χ4n) is 7.82. The summed E-state index contributed by atoms with van der Waals surface area (Å²) in [5.74, 6) is 4.63. The van der Waals surface area contributed by atoms with Crippen LogP contribution < -0.4 is 0 Å². The van der Waals surface area contributed by atoms with Crippen LogP contribution in [0.25, 0.3) is 0 Å². The summed E-state index contributed by atoms with van der Waals surface area (Å²) in [4.78, 5) is 13.1. The zero-order valence-corrected chi connectivity index (χ0v) is 18.2. The van der Waals surface area contributed by atoms with Gasteiger partial charge in [-0.3, -0.25) is 4.79 Å². The van der Waals surface area contributed by atoms with Gasteiger partial charge in [-0.15, -0.1) is 0 Å². The van der Waals surface area contributed by atoms with E-state index in [0.717, 1.165) is 23.7 Å². The SMILES string of the molecule is CC1=C(CC(=O)CC2=C(C)C3CC(C2C)C3(C)C)C(C)C2CC1C2(C)C. The highest BCUT2D eigenvalue weighted by Gasteiger charge is 2.56. The Labute approximate surface area is 160 Å². The molecule has 0 heterocycles. The van der Waals surface area contributed by atoms with Crippen molar-refractivity contribution in [3.63, 3.8) is 0 Å². The summed E-state index contributed by atoms with van der Waals surface area (Å²) < 4.78 is 0. The topological polar surface area (TPSA) is 17.1 Å². The molecular formula is C25H38O. The highest BCUT2D eigenvalue weighted by atomic mass is 16.1. The number of hydrogen-bond donors (Lipinski definition) is 0. The molecule has 1 heteroatoms. The summed E-state index contributed by atoms with van der Waals surface area (Å²) in [6.45, 7) is 19.1. The van der Waals surface area contributed by atoms with Crippen molar-refractivity contribution in [2.24, 2.45) is 46.3 Å². The van der Waals surface area contributed by atoms with E-state index in [9.17, 15) is 4.79 Å². The predicted molar refractivity (Wildman–Crippen MR) is 109 cm³/mol. The van der Waals surface area contributed by atoms with Gasteiger partial charge in [0.1, 0.15) is 5.78 Å². The lowest BCUT2D eigenvalue weighted by Gasteiger charge is -2.61. The smallest absolute Gasteiger partial charge is 0.140 e. The normalized spacial score (nSPS) is 42.3. The summed E-state index contributed by atoms with van der Waals surface area (Å²) in [6, 6.07) is 0. The van der Waals surface area contributed by atoms with E-state index in [2.05, 4.69) is 55.4 Å². The van der Waals surface area contributed by atoms with Crippen LogP contribution in [-0.2, 0) is 4.79 Å². The van der Waals surface area contributed by atoms with E-state index in [0.29, 0.717) is 41.3 Å². The molecule has 0 aromatic heterocycles. The van der Waals surface area contributed by atoms with Gasteiger partial charge >= 0.3 is 0 Å². The number of carbonyl (C=O) groups excluding carboxylic acids is 1. The monoisotopic (exact) mass is 354 g/mol. The maximum absolute atomic E-state index is 13.1. The largest absolute Gasteiger partial charge is 0.299 e. The lowest BCUT2D eigenvalue weighted by atomic mass is 9.44. The zero-order chi connectivity index (χ0) is 19.2.